The molecule has 0 unspecified atom stereocenters. The molecule has 0 saturated heterocycles. The third kappa shape index (κ3) is 1.22. The van der Waals surface area contributed by atoms with Crippen LogP contribution < -0.4 is 0 Å². The predicted molar refractivity (Wildman–Crippen MR) is 45.0 cm³/mol. The fourth-order valence-corrected chi connectivity index (χ4v) is 1.45. The second-order valence-electron chi connectivity index (χ2n) is 2.92. The van der Waals surface area contributed by atoms with Gasteiger partial charge in [0, 0.05) is 18.9 Å². The molecular weight excluding hydrogens is 170 g/mol. The zero-order chi connectivity index (χ0) is 9.26. The molecule has 0 fully saturated rings. The van der Waals surface area contributed by atoms with Crippen molar-refractivity contribution < 1.29 is 10.0 Å². The van der Waals surface area contributed by atoms with Gasteiger partial charge in [0.25, 0.3) is 0 Å². The lowest BCUT2D eigenvalue weighted by Gasteiger charge is -1.98. The maximum absolute atomic E-state index is 11.6. The maximum atomic E-state index is 11.6. The van der Waals surface area contributed by atoms with Gasteiger partial charge in [-0.15, -0.1) is 0 Å². The molecular formula is C8H9N3O2. The van der Waals surface area contributed by atoms with Crippen molar-refractivity contribution in [3.8, 4) is 0 Å². The van der Waals surface area contributed by atoms with Crippen LogP contribution in [0.4, 0.5) is 0 Å². The largest absolute Gasteiger partial charge is 0.411 e. The van der Waals surface area contributed by atoms with Gasteiger partial charge in [-0.25, -0.2) is 4.98 Å². The molecule has 0 aromatic carbocycles. The zero-order valence-electron chi connectivity index (χ0n) is 6.97. The van der Waals surface area contributed by atoms with E-state index >= 15 is 0 Å². The van der Waals surface area contributed by atoms with E-state index in [2.05, 4.69) is 10.1 Å². The first-order chi connectivity index (χ1) is 6.33. The molecule has 0 spiro atoms. The zero-order valence-corrected chi connectivity index (χ0v) is 6.97. The van der Waals surface area contributed by atoms with Crippen molar-refractivity contribution in [3.05, 3.63) is 18.2 Å². The summed E-state index contributed by atoms with van der Waals surface area (Å²) >= 11 is 0. The molecule has 1 aromatic rings. The van der Waals surface area contributed by atoms with Crippen molar-refractivity contribution in [1.29, 1.82) is 0 Å². The van der Waals surface area contributed by atoms with Crippen LogP contribution in [0.1, 0.15) is 23.5 Å². The number of aryl methyl sites for hydroxylation is 1. The van der Waals surface area contributed by atoms with Gasteiger partial charge in [-0.3, -0.25) is 4.79 Å². The molecule has 0 radical (unpaired) electrons. The number of imidazole rings is 1. The SMILES string of the molecule is O=C1/C(=N\O)CCCn2ccnc21. The Labute approximate surface area is 74.7 Å². The molecule has 0 saturated carbocycles. The van der Waals surface area contributed by atoms with E-state index in [1.807, 2.05) is 0 Å². The number of hydrogen-bond acceptors (Lipinski definition) is 4. The molecule has 5 nitrogen and oxygen atoms in total. The second kappa shape index (κ2) is 3.01. The Hall–Kier alpha value is -1.65. The van der Waals surface area contributed by atoms with E-state index in [1.54, 1.807) is 17.0 Å². The maximum Gasteiger partial charge on any atom is 0.245 e. The number of nitrogens with zero attached hydrogens (tertiary/aromatic N) is 3. The molecule has 2 heterocycles. The van der Waals surface area contributed by atoms with Crippen LogP contribution in [-0.2, 0) is 6.54 Å². The third-order valence-corrected chi connectivity index (χ3v) is 2.11. The van der Waals surface area contributed by atoms with Crippen LogP contribution in [0.3, 0.4) is 0 Å². The van der Waals surface area contributed by atoms with Crippen LogP contribution in [0, 0.1) is 0 Å². The molecule has 5 heteroatoms. The summed E-state index contributed by atoms with van der Waals surface area (Å²) in [5.74, 6) is 0.0929. The number of carbonyl (C=O) groups excluding carboxylic acids is 1. The summed E-state index contributed by atoms with van der Waals surface area (Å²) in [5, 5.41) is 11.6. The fourth-order valence-electron chi connectivity index (χ4n) is 1.45. The average molecular weight is 179 g/mol. The fraction of sp³-hybridized carbons (Fsp3) is 0.375. The van der Waals surface area contributed by atoms with E-state index in [0.29, 0.717) is 12.2 Å². The number of aromatic nitrogens is 2. The first-order valence-electron chi connectivity index (χ1n) is 4.09. The lowest BCUT2D eigenvalue weighted by molar-refractivity contribution is 0.104. The highest BCUT2D eigenvalue weighted by Gasteiger charge is 2.22. The second-order valence-corrected chi connectivity index (χ2v) is 2.92. The summed E-state index contributed by atoms with van der Waals surface area (Å²) in [5.41, 5.74) is 0.199. The third-order valence-electron chi connectivity index (χ3n) is 2.11. The molecule has 0 bridgehead atoms. The van der Waals surface area contributed by atoms with Crippen LogP contribution in [-0.4, -0.2) is 26.3 Å². The minimum atomic E-state index is -0.273. The Morgan fingerprint density at radius 2 is 2.46 bits per heavy atom. The van der Waals surface area contributed by atoms with Crippen molar-refractivity contribution in [2.24, 2.45) is 5.16 Å². The summed E-state index contributed by atoms with van der Waals surface area (Å²) in [6.07, 6.45) is 4.65. The number of Topliss-reactive ketones (excluding diaryl/α,β-unsaturated/α-hetero) is 1. The molecule has 1 aromatic heterocycles. The molecule has 0 atom stereocenters. The van der Waals surface area contributed by atoms with E-state index in [4.69, 9.17) is 5.21 Å². The van der Waals surface area contributed by atoms with E-state index in [0.717, 1.165) is 13.0 Å². The first kappa shape index (κ1) is 7.97. The average Bonchev–Trinajstić information content (AvgIpc) is 2.54. The van der Waals surface area contributed by atoms with Crippen molar-refractivity contribution in [1.82, 2.24) is 9.55 Å². The molecule has 1 aliphatic heterocycles. The Morgan fingerprint density at radius 1 is 1.62 bits per heavy atom. The summed E-state index contributed by atoms with van der Waals surface area (Å²) < 4.78 is 1.78. The topological polar surface area (TPSA) is 67.5 Å². The highest BCUT2D eigenvalue weighted by molar-refractivity contribution is 6.45. The smallest absolute Gasteiger partial charge is 0.245 e. The summed E-state index contributed by atoms with van der Waals surface area (Å²) in [6.45, 7) is 0.750. The monoisotopic (exact) mass is 179 g/mol. The van der Waals surface area contributed by atoms with Gasteiger partial charge in [0.15, 0.2) is 5.82 Å². The van der Waals surface area contributed by atoms with Crippen molar-refractivity contribution >= 4 is 11.5 Å². The quantitative estimate of drug-likeness (QED) is 0.470. The molecule has 13 heavy (non-hydrogen) atoms. The summed E-state index contributed by atoms with van der Waals surface area (Å²) in [4.78, 5) is 15.5. The van der Waals surface area contributed by atoms with Crippen LogP contribution in [0.2, 0.25) is 0 Å². The van der Waals surface area contributed by atoms with Gasteiger partial charge in [-0.05, 0) is 12.8 Å². The molecule has 0 aliphatic carbocycles. The van der Waals surface area contributed by atoms with Gasteiger partial charge < -0.3 is 9.77 Å². The molecule has 1 N–H and O–H groups in total. The van der Waals surface area contributed by atoms with Gasteiger partial charge in [0.05, 0.1) is 0 Å². The van der Waals surface area contributed by atoms with Gasteiger partial charge in [0.2, 0.25) is 5.78 Å². The van der Waals surface area contributed by atoms with Gasteiger partial charge in [-0.2, -0.15) is 0 Å². The highest BCUT2D eigenvalue weighted by atomic mass is 16.4. The molecule has 0 amide bonds. The lowest BCUT2D eigenvalue weighted by atomic mass is 10.1. The standard InChI is InChI=1S/C8H9N3O2/c12-7-6(10-13)2-1-4-11-5-3-9-8(7)11/h3,5,13H,1-2,4H2/b10-6-. The Balaban J connectivity index is 2.46. The number of carbonyl (C=O) groups is 1. The minimum absolute atomic E-state index is 0.199. The van der Waals surface area contributed by atoms with Crippen LogP contribution in [0.25, 0.3) is 0 Å². The normalized spacial score (nSPS) is 20.0. The van der Waals surface area contributed by atoms with Gasteiger partial charge >= 0.3 is 0 Å². The lowest BCUT2D eigenvalue weighted by Crippen LogP contribution is -2.15. The van der Waals surface area contributed by atoms with E-state index < -0.39 is 0 Å². The molecule has 68 valence electrons. The van der Waals surface area contributed by atoms with Gasteiger partial charge in [0.1, 0.15) is 5.71 Å². The van der Waals surface area contributed by atoms with Crippen molar-refractivity contribution in [3.63, 3.8) is 0 Å². The Bertz CT molecular complexity index is 367. The van der Waals surface area contributed by atoms with Crippen LogP contribution >= 0.6 is 0 Å². The Kier molecular flexibility index (Phi) is 1.84. The van der Waals surface area contributed by atoms with Crippen LogP contribution in [0.15, 0.2) is 17.5 Å². The number of rotatable bonds is 0. The van der Waals surface area contributed by atoms with Crippen molar-refractivity contribution in [2.45, 2.75) is 19.4 Å². The summed E-state index contributed by atoms with van der Waals surface area (Å²) in [6, 6.07) is 0. The molecule has 1 aliphatic rings. The van der Waals surface area contributed by atoms with Crippen LogP contribution in [0.5, 0.6) is 0 Å². The predicted octanol–water partition coefficient (Wildman–Crippen LogP) is 0.690. The van der Waals surface area contributed by atoms with Crippen molar-refractivity contribution in [2.75, 3.05) is 0 Å². The van der Waals surface area contributed by atoms with E-state index in [-0.39, 0.29) is 11.5 Å². The van der Waals surface area contributed by atoms with Gasteiger partial charge in [-0.1, -0.05) is 5.16 Å². The number of ketones is 1. The minimum Gasteiger partial charge on any atom is -0.411 e. The molecule has 2 rings (SSSR count). The first-order valence-corrected chi connectivity index (χ1v) is 4.09. The number of hydrogen-bond donors (Lipinski definition) is 1. The van der Waals surface area contributed by atoms with E-state index in [1.165, 1.54) is 0 Å². The number of oxime groups is 1. The van der Waals surface area contributed by atoms with E-state index in [9.17, 15) is 4.79 Å². The Morgan fingerprint density at radius 3 is 3.23 bits per heavy atom. The highest BCUT2D eigenvalue weighted by Crippen LogP contribution is 2.10. The number of fused-ring (bicyclic) bond motifs is 1. The summed E-state index contributed by atoms with van der Waals surface area (Å²) in [7, 11) is 0.